The molecule has 5 heteroatoms. The van der Waals surface area contributed by atoms with E-state index in [4.69, 9.17) is 0 Å². The number of carbonyl (C=O) groups is 1. The van der Waals surface area contributed by atoms with Crippen LogP contribution in [0.1, 0.15) is 35.8 Å². The van der Waals surface area contributed by atoms with Crippen molar-refractivity contribution in [2.24, 2.45) is 5.92 Å². The maximum atomic E-state index is 13.3. The van der Waals surface area contributed by atoms with E-state index in [-0.39, 0.29) is 29.5 Å². The van der Waals surface area contributed by atoms with Gasteiger partial charge in [-0.1, -0.05) is 31.2 Å². The van der Waals surface area contributed by atoms with Crippen LogP contribution in [0, 0.1) is 11.7 Å². The van der Waals surface area contributed by atoms with Crippen molar-refractivity contribution in [3.8, 4) is 0 Å². The minimum Gasteiger partial charge on any atom is -0.355 e. The second-order valence-electron chi connectivity index (χ2n) is 6.67. The maximum absolute atomic E-state index is 13.3. The van der Waals surface area contributed by atoms with E-state index in [1.165, 1.54) is 16.8 Å². The van der Waals surface area contributed by atoms with Gasteiger partial charge in [-0.05, 0) is 42.2 Å². The minimum atomic E-state index is -0.243. The summed E-state index contributed by atoms with van der Waals surface area (Å²) in [5.41, 5.74) is 1.92. The van der Waals surface area contributed by atoms with Crippen molar-refractivity contribution in [2.75, 3.05) is 6.54 Å². The molecule has 0 saturated heterocycles. The standard InChI is InChI=1S/C20H19FN2OS/c1-12(20-23-17-7-2-3-8-18(17)25-20)11-22-19(24)16-10-15(16)13-5-4-6-14(21)9-13/h2-9,12,15-16H,10-11H2,1H3,(H,22,24). The van der Waals surface area contributed by atoms with Crippen LogP contribution < -0.4 is 5.32 Å². The van der Waals surface area contributed by atoms with E-state index in [1.54, 1.807) is 17.4 Å². The first-order valence-corrected chi connectivity index (χ1v) is 9.32. The lowest BCUT2D eigenvalue weighted by Crippen LogP contribution is -2.29. The molecule has 1 amide bonds. The molecule has 3 aromatic rings. The van der Waals surface area contributed by atoms with E-state index in [0.717, 1.165) is 22.5 Å². The first kappa shape index (κ1) is 16.2. The summed E-state index contributed by atoms with van der Waals surface area (Å²) in [5, 5.41) is 4.08. The van der Waals surface area contributed by atoms with Crippen molar-refractivity contribution >= 4 is 27.5 Å². The first-order chi connectivity index (χ1) is 12.1. The van der Waals surface area contributed by atoms with Crippen molar-refractivity contribution < 1.29 is 9.18 Å². The highest BCUT2D eigenvalue weighted by Crippen LogP contribution is 2.47. The van der Waals surface area contributed by atoms with Crippen molar-refractivity contribution in [1.82, 2.24) is 10.3 Å². The Balaban J connectivity index is 1.34. The van der Waals surface area contributed by atoms with Gasteiger partial charge in [-0.25, -0.2) is 9.37 Å². The molecule has 3 atom stereocenters. The fourth-order valence-corrected chi connectivity index (χ4v) is 4.18. The molecule has 1 aromatic heterocycles. The van der Waals surface area contributed by atoms with Gasteiger partial charge in [0.05, 0.1) is 15.2 Å². The highest BCUT2D eigenvalue weighted by Gasteiger charge is 2.43. The molecule has 3 nitrogen and oxygen atoms in total. The number of hydrogen-bond acceptors (Lipinski definition) is 3. The third-order valence-corrected chi connectivity index (χ3v) is 5.99. The summed E-state index contributed by atoms with van der Waals surface area (Å²) in [6, 6.07) is 14.6. The number of amides is 1. The molecular formula is C20H19FN2OS. The van der Waals surface area contributed by atoms with Crippen molar-refractivity contribution in [3.05, 3.63) is 64.9 Å². The molecule has 1 heterocycles. The number of fused-ring (bicyclic) bond motifs is 1. The molecule has 1 N–H and O–H groups in total. The van der Waals surface area contributed by atoms with Crippen LogP contribution in [0.15, 0.2) is 48.5 Å². The highest BCUT2D eigenvalue weighted by atomic mass is 32.1. The molecule has 25 heavy (non-hydrogen) atoms. The number of hydrogen-bond donors (Lipinski definition) is 1. The predicted octanol–water partition coefficient (Wildman–Crippen LogP) is 4.46. The molecule has 0 aliphatic heterocycles. The van der Waals surface area contributed by atoms with E-state index in [0.29, 0.717) is 6.54 Å². The number of nitrogens with one attached hydrogen (secondary N) is 1. The summed E-state index contributed by atoms with van der Waals surface area (Å²) in [6.45, 7) is 2.65. The fourth-order valence-electron chi connectivity index (χ4n) is 3.16. The maximum Gasteiger partial charge on any atom is 0.223 e. The van der Waals surface area contributed by atoms with Crippen LogP contribution in [-0.2, 0) is 4.79 Å². The van der Waals surface area contributed by atoms with E-state index in [1.807, 2.05) is 24.3 Å². The Kier molecular flexibility index (Phi) is 4.25. The topological polar surface area (TPSA) is 42.0 Å². The number of nitrogens with zero attached hydrogens (tertiary/aromatic N) is 1. The highest BCUT2D eigenvalue weighted by molar-refractivity contribution is 7.18. The first-order valence-electron chi connectivity index (χ1n) is 8.50. The molecule has 1 aliphatic carbocycles. The summed E-state index contributed by atoms with van der Waals surface area (Å²) in [4.78, 5) is 17.0. The van der Waals surface area contributed by atoms with Gasteiger partial charge in [-0.15, -0.1) is 11.3 Å². The molecule has 1 fully saturated rings. The average Bonchev–Trinajstić information content (AvgIpc) is 3.30. The quantitative estimate of drug-likeness (QED) is 0.735. The summed E-state index contributed by atoms with van der Waals surface area (Å²) in [5.74, 6) is 0.0979. The minimum absolute atomic E-state index is 0.0376. The molecule has 1 aliphatic rings. The van der Waals surface area contributed by atoms with Gasteiger partial charge >= 0.3 is 0 Å². The third kappa shape index (κ3) is 3.42. The number of carbonyl (C=O) groups excluding carboxylic acids is 1. The number of aromatic nitrogens is 1. The number of halogens is 1. The Morgan fingerprint density at radius 2 is 2.16 bits per heavy atom. The molecule has 3 unspecified atom stereocenters. The number of rotatable bonds is 5. The summed E-state index contributed by atoms with van der Waals surface area (Å²) in [6.07, 6.45) is 0.796. The van der Waals surface area contributed by atoms with Gasteiger partial charge in [0, 0.05) is 18.4 Å². The second-order valence-corrected chi connectivity index (χ2v) is 7.73. The summed E-state index contributed by atoms with van der Waals surface area (Å²) < 4.78 is 14.5. The average molecular weight is 354 g/mol. The van der Waals surface area contributed by atoms with Gasteiger partial charge in [0.15, 0.2) is 0 Å². The van der Waals surface area contributed by atoms with Gasteiger partial charge in [-0.2, -0.15) is 0 Å². The Hall–Kier alpha value is -2.27. The zero-order valence-electron chi connectivity index (χ0n) is 13.9. The van der Waals surface area contributed by atoms with Gasteiger partial charge in [-0.3, -0.25) is 4.79 Å². The van der Waals surface area contributed by atoms with E-state index < -0.39 is 0 Å². The van der Waals surface area contributed by atoms with Crippen LogP contribution in [0.5, 0.6) is 0 Å². The van der Waals surface area contributed by atoms with Crippen LogP contribution in [0.4, 0.5) is 4.39 Å². The SMILES string of the molecule is CC(CNC(=O)C1CC1c1cccc(F)c1)c1nc2ccccc2s1. The van der Waals surface area contributed by atoms with Crippen LogP contribution in [-0.4, -0.2) is 17.4 Å². The van der Waals surface area contributed by atoms with E-state index in [2.05, 4.69) is 23.3 Å². The Labute approximate surface area is 149 Å². The van der Waals surface area contributed by atoms with Crippen LogP contribution in [0.3, 0.4) is 0 Å². The smallest absolute Gasteiger partial charge is 0.223 e. The Morgan fingerprint density at radius 3 is 2.96 bits per heavy atom. The Morgan fingerprint density at radius 1 is 1.32 bits per heavy atom. The number of thiazole rings is 1. The van der Waals surface area contributed by atoms with Gasteiger partial charge in [0.25, 0.3) is 0 Å². The lowest BCUT2D eigenvalue weighted by molar-refractivity contribution is -0.122. The van der Waals surface area contributed by atoms with Gasteiger partial charge in [0.2, 0.25) is 5.91 Å². The molecule has 2 aromatic carbocycles. The van der Waals surface area contributed by atoms with E-state index in [9.17, 15) is 9.18 Å². The lowest BCUT2D eigenvalue weighted by Gasteiger charge is -2.10. The monoisotopic (exact) mass is 354 g/mol. The largest absolute Gasteiger partial charge is 0.355 e. The van der Waals surface area contributed by atoms with Crippen LogP contribution >= 0.6 is 11.3 Å². The van der Waals surface area contributed by atoms with Gasteiger partial charge in [0.1, 0.15) is 5.82 Å². The van der Waals surface area contributed by atoms with Gasteiger partial charge < -0.3 is 5.32 Å². The second kappa shape index (κ2) is 6.56. The molecule has 4 rings (SSSR count). The molecule has 0 radical (unpaired) electrons. The lowest BCUT2D eigenvalue weighted by atomic mass is 10.1. The Bertz CT molecular complexity index is 890. The number of benzene rings is 2. The normalized spacial score (nSPS) is 20.4. The molecular weight excluding hydrogens is 335 g/mol. The molecule has 0 spiro atoms. The van der Waals surface area contributed by atoms with Crippen LogP contribution in [0.2, 0.25) is 0 Å². The third-order valence-electron chi connectivity index (χ3n) is 4.72. The van der Waals surface area contributed by atoms with Crippen molar-refractivity contribution in [3.63, 3.8) is 0 Å². The number of para-hydroxylation sites is 1. The van der Waals surface area contributed by atoms with Crippen molar-refractivity contribution in [2.45, 2.75) is 25.2 Å². The van der Waals surface area contributed by atoms with Crippen molar-refractivity contribution in [1.29, 1.82) is 0 Å². The predicted molar refractivity (Wildman–Crippen MR) is 98.3 cm³/mol. The molecule has 0 bridgehead atoms. The summed E-state index contributed by atoms with van der Waals surface area (Å²) >= 11 is 1.68. The zero-order valence-corrected chi connectivity index (χ0v) is 14.7. The van der Waals surface area contributed by atoms with E-state index >= 15 is 0 Å². The van der Waals surface area contributed by atoms with Crippen LogP contribution in [0.25, 0.3) is 10.2 Å². The molecule has 1 saturated carbocycles. The summed E-state index contributed by atoms with van der Waals surface area (Å²) in [7, 11) is 0. The molecule has 128 valence electrons. The fraction of sp³-hybridized carbons (Fsp3) is 0.300. The zero-order chi connectivity index (χ0) is 17.4.